The summed E-state index contributed by atoms with van der Waals surface area (Å²) in [4.78, 5) is 0. The number of halogens is 2. The van der Waals surface area contributed by atoms with Gasteiger partial charge < -0.3 is 11.5 Å². The van der Waals surface area contributed by atoms with Gasteiger partial charge in [0.2, 0.25) is 0 Å². The van der Waals surface area contributed by atoms with E-state index in [1.54, 1.807) is 6.07 Å². The monoisotopic (exact) mass is 205 g/mol. The van der Waals surface area contributed by atoms with E-state index in [-0.39, 0.29) is 5.82 Å². The van der Waals surface area contributed by atoms with Crippen molar-refractivity contribution in [1.82, 2.24) is 0 Å². The molecule has 1 aromatic rings. The zero-order chi connectivity index (χ0) is 7.72. The third-order valence-corrected chi connectivity index (χ3v) is 1.85. The smallest absolute Gasteiger partial charge is 0.185 e. The molecule has 1 rings (SSSR count). The van der Waals surface area contributed by atoms with Crippen molar-refractivity contribution in [2.24, 2.45) is 0 Å². The molecule has 54 valence electrons. The van der Waals surface area contributed by atoms with E-state index in [0.717, 1.165) is 0 Å². The number of benzene rings is 1. The fraction of sp³-hybridized carbons (Fsp3) is 0. The minimum absolute atomic E-state index is 0.348. The average Bonchev–Trinajstić information content (AvgIpc) is 1.84. The third-order valence-electron chi connectivity index (χ3n) is 1.17. The van der Waals surface area contributed by atoms with E-state index in [1.807, 2.05) is 0 Å². The fourth-order valence-corrected chi connectivity index (χ4v) is 0.994. The second kappa shape index (κ2) is 2.56. The summed E-state index contributed by atoms with van der Waals surface area (Å²) in [5.74, 6) is -0.374. The molecule has 0 fully saturated rings. The molecule has 0 saturated carbocycles. The number of hydrogen-bond acceptors (Lipinski definition) is 1. The predicted octanol–water partition coefficient (Wildman–Crippen LogP) is 1.04. The summed E-state index contributed by atoms with van der Waals surface area (Å²) in [5.41, 5.74) is 9.58. The van der Waals surface area contributed by atoms with Crippen molar-refractivity contribution in [3.63, 3.8) is 0 Å². The number of nitrogens with two attached hydrogens (primary N) is 1. The molecule has 0 saturated heterocycles. The van der Waals surface area contributed by atoms with Crippen LogP contribution in [0.1, 0.15) is 0 Å². The van der Waals surface area contributed by atoms with Gasteiger partial charge in [-0.2, -0.15) is 0 Å². The molecule has 0 spiro atoms. The molecule has 4 heteroatoms. The largest absolute Gasteiger partial charge is 0.398 e. The Hall–Kier alpha value is -0.610. The molecule has 0 bridgehead atoms. The molecule has 10 heavy (non-hydrogen) atoms. The van der Waals surface area contributed by atoms with Crippen LogP contribution in [-0.2, 0) is 0 Å². The van der Waals surface area contributed by atoms with Crippen molar-refractivity contribution in [3.05, 3.63) is 22.4 Å². The van der Waals surface area contributed by atoms with Gasteiger partial charge in [-0.05, 0) is 15.9 Å². The van der Waals surface area contributed by atoms with Gasteiger partial charge in [0, 0.05) is 22.3 Å². The first-order valence-electron chi connectivity index (χ1n) is 2.67. The van der Waals surface area contributed by atoms with E-state index in [9.17, 15) is 4.39 Å². The van der Waals surface area contributed by atoms with Crippen LogP contribution < -0.4 is 11.5 Å². The van der Waals surface area contributed by atoms with Gasteiger partial charge >= 0.3 is 0 Å². The summed E-state index contributed by atoms with van der Waals surface area (Å²) in [6.45, 7) is 0. The molecule has 0 aliphatic rings. The maximum atomic E-state index is 12.6. The number of nitrogen functional groups attached to an aromatic ring is 1. The summed E-state index contributed by atoms with van der Waals surface area (Å²) >= 11 is 3.15. The van der Waals surface area contributed by atoms with Crippen LogP contribution in [0.5, 0.6) is 0 Å². The third kappa shape index (κ3) is 1.27. The molecular weight excluding hydrogens is 199 g/mol. The van der Waals surface area contributed by atoms with E-state index in [0.29, 0.717) is 15.8 Å². The first-order valence-corrected chi connectivity index (χ1v) is 3.47. The molecule has 0 unspecified atom stereocenters. The number of hydrogen-bond donors (Lipinski definition) is 2. The lowest BCUT2D eigenvalue weighted by Gasteiger charge is -1.97. The Morgan fingerprint density at radius 2 is 2.10 bits per heavy atom. The van der Waals surface area contributed by atoms with Gasteiger partial charge in [-0.25, -0.2) is 4.39 Å². The van der Waals surface area contributed by atoms with Crippen molar-refractivity contribution in [3.8, 4) is 0 Å². The molecule has 0 aliphatic heterocycles. The van der Waals surface area contributed by atoms with Crippen molar-refractivity contribution in [1.29, 1.82) is 0 Å². The van der Waals surface area contributed by atoms with Crippen LogP contribution in [0.2, 0.25) is 0 Å². The van der Waals surface area contributed by atoms with Crippen LogP contribution >= 0.6 is 15.9 Å². The van der Waals surface area contributed by atoms with E-state index < -0.39 is 0 Å². The van der Waals surface area contributed by atoms with Gasteiger partial charge in [-0.1, -0.05) is 0 Å². The quantitative estimate of drug-likeness (QED) is 0.612. The highest BCUT2D eigenvalue weighted by atomic mass is 79.9. The summed E-state index contributed by atoms with van der Waals surface area (Å²) in [6.07, 6.45) is 0. The Bertz CT molecular complexity index is 212. The van der Waals surface area contributed by atoms with Crippen LogP contribution in [0.4, 0.5) is 15.8 Å². The Labute approximate surface area is 66.1 Å². The molecule has 0 radical (unpaired) electrons. The lowest BCUT2D eigenvalue weighted by atomic mass is 10.3. The van der Waals surface area contributed by atoms with Crippen molar-refractivity contribution in [2.75, 3.05) is 5.73 Å². The lowest BCUT2D eigenvalue weighted by molar-refractivity contribution is -0.258. The topological polar surface area (TPSA) is 53.7 Å². The van der Waals surface area contributed by atoms with Crippen LogP contribution in [0.25, 0.3) is 0 Å². The lowest BCUT2D eigenvalue weighted by Crippen LogP contribution is -2.41. The zero-order valence-electron chi connectivity index (χ0n) is 5.20. The molecule has 5 N–H and O–H groups in total. The highest BCUT2D eigenvalue weighted by Crippen LogP contribution is 2.23. The summed E-state index contributed by atoms with van der Waals surface area (Å²) in [6, 6.07) is 2.79. The van der Waals surface area contributed by atoms with Gasteiger partial charge in [0.05, 0.1) is 0 Å². The average molecular weight is 206 g/mol. The van der Waals surface area contributed by atoms with Crippen molar-refractivity contribution in [2.45, 2.75) is 0 Å². The normalized spacial score (nSPS) is 9.90. The van der Waals surface area contributed by atoms with Gasteiger partial charge in [-0.3, -0.25) is 0 Å². The molecule has 0 amide bonds. The van der Waals surface area contributed by atoms with Gasteiger partial charge in [-0.15, -0.1) is 0 Å². The SMILES string of the molecule is Nc1cc(F)c([NH3+])cc1Br. The van der Waals surface area contributed by atoms with Crippen LogP contribution in [-0.4, -0.2) is 0 Å². The molecule has 2 nitrogen and oxygen atoms in total. The molecule has 1 aromatic carbocycles. The van der Waals surface area contributed by atoms with E-state index in [4.69, 9.17) is 5.73 Å². The summed E-state index contributed by atoms with van der Waals surface area (Å²) in [5, 5.41) is 0. The highest BCUT2D eigenvalue weighted by molar-refractivity contribution is 9.10. The maximum absolute atomic E-state index is 12.6. The van der Waals surface area contributed by atoms with Gasteiger partial charge in [0.25, 0.3) is 0 Å². The van der Waals surface area contributed by atoms with E-state index in [2.05, 4.69) is 21.7 Å². The van der Waals surface area contributed by atoms with Crippen LogP contribution in [0, 0.1) is 5.82 Å². The fourth-order valence-electron chi connectivity index (χ4n) is 0.603. The van der Waals surface area contributed by atoms with E-state index in [1.165, 1.54) is 6.07 Å². The minimum Gasteiger partial charge on any atom is -0.398 e. The molecule has 0 aliphatic carbocycles. The van der Waals surface area contributed by atoms with Crippen LogP contribution in [0.3, 0.4) is 0 Å². The highest BCUT2D eigenvalue weighted by Gasteiger charge is 2.04. The van der Waals surface area contributed by atoms with Gasteiger partial charge in [0.15, 0.2) is 11.5 Å². The first-order chi connectivity index (χ1) is 4.61. The zero-order valence-corrected chi connectivity index (χ0v) is 6.78. The molecular formula is C6H7BrFN2+. The minimum atomic E-state index is -0.374. The van der Waals surface area contributed by atoms with Gasteiger partial charge in [0.1, 0.15) is 0 Å². The molecule has 0 atom stereocenters. The second-order valence-corrected chi connectivity index (χ2v) is 2.82. The molecule has 0 heterocycles. The maximum Gasteiger partial charge on any atom is 0.185 e. The predicted molar refractivity (Wildman–Crippen MR) is 41.1 cm³/mol. The number of rotatable bonds is 0. The molecule has 0 aromatic heterocycles. The van der Waals surface area contributed by atoms with Crippen molar-refractivity contribution >= 4 is 27.3 Å². The number of anilines is 1. The Kier molecular flexibility index (Phi) is 1.92. The Morgan fingerprint density at radius 3 is 2.60 bits per heavy atom. The Balaban J connectivity index is 3.28. The van der Waals surface area contributed by atoms with E-state index >= 15 is 0 Å². The van der Waals surface area contributed by atoms with Crippen LogP contribution in [0.15, 0.2) is 16.6 Å². The Morgan fingerprint density at radius 1 is 1.50 bits per heavy atom. The first kappa shape index (κ1) is 7.50. The summed E-state index contributed by atoms with van der Waals surface area (Å²) < 4.78 is 13.3. The number of quaternary nitrogens is 1. The second-order valence-electron chi connectivity index (χ2n) is 1.97. The standard InChI is InChI=1S/C6H6BrFN2/c7-3-1-6(10)4(8)2-5(3)9/h1-2H,9-10H2/p+1. The van der Waals surface area contributed by atoms with Crippen molar-refractivity contribution < 1.29 is 10.1 Å². The summed E-state index contributed by atoms with van der Waals surface area (Å²) in [7, 11) is 0.